The maximum Gasteiger partial charge on any atom is 0.325 e. The number of aryl methyl sites for hydroxylation is 1. The molecule has 0 aliphatic rings. The molecule has 0 atom stereocenters. The van der Waals surface area contributed by atoms with Gasteiger partial charge in [0.2, 0.25) is 0 Å². The molecular formula is C10H16N2O2. The molecule has 0 N–H and O–H groups in total. The highest BCUT2D eigenvalue weighted by molar-refractivity contribution is 5.69. The third-order valence-electron chi connectivity index (χ3n) is 1.98. The summed E-state index contributed by atoms with van der Waals surface area (Å²) < 4.78 is 6.80. The van der Waals surface area contributed by atoms with Crippen molar-refractivity contribution in [3.05, 3.63) is 18.2 Å². The fourth-order valence-corrected chi connectivity index (χ4v) is 1.09. The van der Waals surface area contributed by atoms with Crippen molar-refractivity contribution < 1.29 is 9.53 Å². The summed E-state index contributed by atoms with van der Waals surface area (Å²) in [6, 6.07) is 0. The van der Waals surface area contributed by atoms with Gasteiger partial charge in [-0.2, -0.15) is 0 Å². The summed E-state index contributed by atoms with van der Waals surface area (Å²) in [7, 11) is 0. The van der Waals surface area contributed by atoms with Crippen molar-refractivity contribution in [3.8, 4) is 0 Å². The minimum atomic E-state index is -0.195. The molecular weight excluding hydrogens is 180 g/mol. The predicted molar refractivity (Wildman–Crippen MR) is 52.8 cm³/mol. The number of carbonyl (C=O) groups excluding carboxylic acids is 1. The van der Waals surface area contributed by atoms with Crippen molar-refractivity contribution in [1.82, 2.24) is 9.55 Å². The third-order valence-corrected chi connectivity index (χ3v) is 1.98. The Morgan fingerprint density at radius 2 is 2.43 bits per heavy atom. The molecule has 4 heteroatoms. The first-order chi connectivity index (χ1) is 6.74. The minimum Gasteiger partial charge on any atom is -0.464 e. The van der Waals surface area contributed by atoms with E-state index >= 15 is 0 Å². The Balaban J connectivity index is 2.31. The molecule has 0 unspecified atom stereocenters. The molecule has 0 aliphatic carbocycles. The van der Waals surface area contributed by atoms with E-state index in [4.69, 9.17) is 4.74 Å². The van der Waals surface area contributed by atoms with Crippen LogP contribution in [0.3, 0.4) is 0 Å². The van der Waals surface area contributed by atoms with E-state index in [2.05, 4.69) is 11.9 Å². The van der Waals surface area contributed by atoms with Crippen molar-refractivity contribution in [2.75, 3.05) is 6.61 Å². The molecule has 1 rings (SSSR count). The van der Waals surface area contributed by atoms with Crippen LogP contribution in [0.15, 0.2) is 12.4 Å². The zero-order chi connectivity index (χ0) is 10.4. The molecule has 0 amide bonds. The molecule has 1 heterocycles. The van der Waals surface area contributed by atoms with Gasteiger partial charge in [-0.15, -0.1) is 0 Å². The number of nitrogens with zero attached hydrogens (tertiary/aromatic N) is 2. The Bertz CT molecular complexity index is 294. The lowest BCUT2D eigenvalue weighted by atomic mass is 10.4. The standard InChI is InChI=1S/C10H16N2O2/c1-3-4-7-14-10(13)8-12-6-5-11-9(12)2/h5-6H,3-4,7-8H2,1-2H3. The lowest BCUT2D eigenvalue weighted by Crippen LogP contribution is -2.14. The lowest BCUT2D eigenvalue weighted by molar-refractivity contribution is -0.144. The van der Waals surface area contributed by atoms with E-state index in [1.54, 1.807) is 17.0 Å². The molecule has 0 saturated heterocycles. The summed E-state index contributed by atoms with van der Waals surface area (Å²) in [6.07, 6.45) is 5.41. The fourth-order valence-electron chi connectivity index (χ4n) is 1.09. The summed E-state index contributed by atoms with van der Waals surface area (Å²) in [5, 5.41) is 0. The minimum absolute atomic E-state index is 0.195. The van der Waals surface area contributed by atoms with Crippen LogP contribution in [0.2, 0.25) is 0 Å². The summed E-state index contributed by atoms with van der Waals surface area (Å²) in [6.45, 7) is 4.70. The van der Waals surface area contributed by atoms with Crippen LogP contribution >= 0.6 is 0 Å². The van der Waals surface area contributed by atoms with E-state index in [-0.39, 0.29) is 12.5 Å². The zero-order valence-corrected chi connectivity index (χ0v) is 8.69. The zero-order valence-electron chi connectivity index (χ0n) is 8.69. The second-order valence-electron chi connectivity index (χ2n) is 3.18. The van der Waals surface area contributed by atoms with E-state index < -0.39 is 0 Å². The summed E-state index contributed by atoms with van der Waals surface area (Å²) in [5.41, 5.74) is 0. The highest BCUT2D eigenvalue weighted by atomic mass is 16.5. The van der Waals surface area contributed by atoms with Crippen molar-refractivity contribution in [1.29, 1.82) is 0 Å². The number of carbonyl (C=O) groups is 1. The monoisotopic (exact) mass is 196 g/mol. The molecule has 0 radical (unpaired) electrons. The molecule has 14 heavy (non-hydrogen) atoms. The summed E-state index contributed by atoms with van der Waals surface area (Å²) in [5.74, 6) is 0.636. The van der Waals surface area contributed by atoms with Crippen LogP contribution in [-0.4, -0.2) is 22.1 Å². The van der Waals surface area contributed by atoms with Gasteiger partial charge in [-0.1, -0.05) is 13.3 Å². The molecule has 0 aromatic carbocycles. The molecule has 0 fully saturated rings. The first-order valence-corrected chi connectivity index (χ1v) is 4.87. The number of ether oxygens (including phenoxy) is 1. The average molecular weight is 196 g/mol. The second-order valence-corrected chi connectivity index (χ2v) is 3.18. The topological polar surface area (TPSA) is 44.1 Å². The summed E-state index contributed by atoms with van der Waals surface area (Å²) >= 11 is 0. The van der Waals surface area contributed by atoms with Crippen molar-refractivity contribution in [3.63, 3.8) is 0 Å². The average Bonchev–Trinajstić information content (AvgIpc) is 2.52. The van der Waals surface area contributed by atoms with Crippen molar-refractivity contribution in [2.24, 2.45) is 0 Å². The van der Waals surface area contributed by atoms with E-state index in [1.807, 2.05) is 6.92 Å². The molecule has 0 saturated carbocycles. The third kappa shape index (κ3) is 3.20. The lowest BCUT2D eigenvalue weighted by Gasteiger charge is -2.05. The van der Waals surface area contributed by atoms with Gasteiger partial charge in [0.15, 0.2) is 0 Å². The van der Waals surface area contributed by atoms with Gasteiger partial charge in [-0.25, -0.2) is 4.98 Å². The predicted octanol–water partition coefficient (Wildman–Crippen LogP) is 1.53. The van der Waals surface area contributed by atoms with Crippen LogP contribution in [0, 0.1) is 6.92 Å². The molecule has 78 valence electrons. The van der Waals surface area contributed by atoms with Crippen LogP contribution in [0.4, 0.5) is 0 Å². The van der Waals surface area contributed by atoms with Crippen molar-refractivity contribution in [2.45, 2.75) is 33.2 Å². The number of unbranched alkanes of at least 4 members (excludes halogenated alkanes) is 1. The number of imidazole rings is 1. The Labute approximate surface area is 83.9 Å². The van der Waals surface area contributed by atoms with Gasteiger partial charge in [-0.3, -0.25) is 4.79 Å². The van der Waals surface area contributed by atoms with Crippen LogP contribution in [0.25, 0.3) is 0 Å². The SMILES string of the molecule is CCCCOC(=O)Cn1ccnc1C. The molecule has 4 nitrogen and oxygen atoms in total. The second kappa shape index (κ2) is 5.42. The highest BCUT2D eigenvalue weighted by Crippen LogP contribution is 1.97. The maximum absolute atomic E-state index is 11.3. The Kier molecular flexibility index (Phi) is 4.16. The number of aromatic nitrogens is 2. The molecule has 1 aromatic rings. The first-order valence-electron chi connectivity index (χ1n) is 4.87. The van der Waals surface area contributed by atoms with Crippen LogP contribution in [-0.2, 0) is 16.1 Å². The van der Waals surface area contributed by atoms with Gasteiger partial charge in [0, 0.05) is 12.4 Å². The Hall–Kier alpha value is -1.32. The fraction of sp³-hybridized carbons (Fsp3) is 0.600. The smallest absolute Gasteiger partial charge is 0.325 e. The van der Waals surface area contributed by atoms with Crippen molar-refractivity contribution >= 4 is 5.97 Å². The highest BCUT2D eigenvalue weighted by Gasteiger charge is 2.05. The largest absolute Gasteiger partial charge is 0.464 e. The Morgan fingerprint density at radius 3 is 3.00 bits per heavy atom. The van der Waals surface area contributed by atoms with Gasteiger partial charge in [0.25, 0.3) is 0 Å². The number of rotatable bonds is 5. The van der Waals surface area contributed by atoms with Crippen LogP contribution in [0.5, 0.6) is 0 Å². The number of esters is 1. The van der Waals surface area contributed by atoms with Crippen LogP contribution in [0.1, 0.15) is 25.6 Å². The quantitative estimate of drug-likeness (QED) is 0.530. The normalized spacial score (nSPS) is 10.1. The molecule has 0 spiro atoms. The molecule has 1 aromatic heterocycles. The number of hydrogen-bond donors (Lipinski definition) is 0. The van der Waals surface area contributed by atoms with E-state index in [0.29, 0.717) is 6.61 Å². The first kappa shape index (κ1) is 10.8. The van der Waals surface area contributed by atoms with E-state index in [1.165, 1.54) is 0 Å². The molecule has 0 aliphatic heterocycles. The van der Waals surface area contributed by atoms with Gasteiger partial charge in [-0.05, 0) is 13.3 Å². The van der Waals surface area contributed by atoms with Crippen LogP contribution < -0.4 is 0 Å². The van der Waals surface area contributed by atoms with Gasteiger partial charge >= 0.3 is 5.97 Å². The van der Waals surface area contributed by atoms with Gasteiger partial charge < -0.3 is 9.30 Å². The Morgan fingerprint density at radius 1 is 1.64 bits per heavy atom. The summed E-state index contributed by atoms with van der Waals surface area (Å²) in [4.78, 5) is 15.3. The molecule has 0 bridgehead atoms. The van der Waals surface area contributed by atoms with E-state index in [0.717, 1.165) is 18.7 Å². The van der Waals surface area contributed by atoms with E-state index in [9.17, 15) is 4.79 Å². The number of hydrogen-bond acceptors (Lipinski definition) is 3. The maximum atomic E-state index is 11.3. The van der Waals surface area contributed by atoms with Gasteiger partial charge in [0.05, 0.1) is 6.61 Å². The van der Waals surface area contributed by atoms with Gasteiger partial charge in [0.1, 0.15) is 12.4 Å².